The zero-order valence-corrected chi connectivity index (χ0v) is 14.7. The van der Waals surface area contributed by atoms with Crippen LogP contribution < -0.4 is 4.74 Å². The Labute approximate surface area is 154 Å². The van der Waals surface area contributed by atoms with E-state index in [0.29, 0.717) is 16.7 Å². The molecule has 3 heterocycles. The minimum absolute atomic E-state index is 0.0510. The molecule has 0 bridgehead atoms. The number of hydrogen-bond donors (Lipinski definition) is 0. The van der Waals surface area contributed by atoms with E-state index in [1.165, 1.54) is 17.2 Å². The van der Waals surface area contributed by atoms with E-state index in [0.717, 1.165) is 38.2 Å². The minimum atomic E-state index is -4.25. The lowest BCUT2D eigenvalue weighted by Gasteiger charge is -2.31. The van der Waals surface area contributed by atoms with E-state index in [2.05, 4.69) is 9.88 Å². The van der Waals surface area contributed by atoms with E-state index >= 15 is 0 Å². The summed E-state index contributed by atoms with van der Waals surface area (Å²) in [6.07, 6.45) is 2.06. The summed E-state index contributed by atoms with van der Waals surface area (Å²) in [4.78, 5) is 6.43. The van der Waals surface area contributed by atoms with Crippen LogP contribution in [0.3, 0.4) is 0 Å². The van der Waals surface area contributed by atoms with E-state index in [1.54, 1.807) is 24.5 Å². The highest BCUT2D eigenvalue weighted by Crippen LogP contribution is 2.31. The number of aromatic nitrogens is 2. The van der Waals surface area contributed by atoms with Gasteiger partial charge in [0.1, 0.15) is 24.7 Å². The molecule has 0 radical (unpaired) electrons. The topological polar surface area (TPSA) is 43.4 Å². The Morgan fingerprint density at radius 3 is 2.70 bits per heavy atom. The molecule has 0 unspecified atom stereocenters. The largest absolute Gasteiger partial charge is 0.490 e. The van der Waals surface area contributed by atoms with Crippen molar-refractivity contribution >= 4 is 10.9 Å². The molecule has 0 amide bonds. The van der Waals surface area contributed by atoms with Crippen molar-refractivity contribution in [1.82, 2.24) is 14.5 Å². The number of piperidine rings is 1. The van der Waals surface area contributed by atoms with Crippen molar-refractivity contribution in [1.29, 1.82) is 0 Å². The van der Waals surface area contributed by atoms with Crippen molar-refractivity contribution in [2.24, 2.45) is 0 Å². The molecule has 1 fully saturated rings. The zero-order valence-electron chi connectivity index (χ0n) is 14.7. The number of nitrogens with zero attached hydrogens (tertiary/aromatic N) is 3. The van der Waals surface area contributed by atoms with Gasteiger partial charge in [-0.05, 0) is 31.0 Å². The monoisotopic (exact) mass is 379 g/mol. The molecular weight excluding hydrogens is 359 g/mol. The first-order valence-corrected chi connectivity index (χ1v) is 8.89. The van der Waals surface area contributed by atoms with Gasteiger partial charge < -0.3 is 13.7 Å². The molecule has 0 N–H and O–H groups in total. The third-order valence-corrected chi connectivity index (χ3v) is 4.82. The normalized spacial score (nSPS) is 16.9. The van der Waals surface area contributed by atoms with Gasteiger partial charge in [0.2, 0.25) is 0 Å². The van der Waals surface area contributed by atoms with Gasteiger partial charge in [0.25, 0.3) is 0 Å². The quantitative estimate of drug-likeness (QED) is 0.665. The Balaban J connectivity index is 1.41. The number of fused-ring (bicyclic) bond motifs is 1. The molecular formula is C19H20F3N3O2. The number of benzene rings is 1. The second-order valence-corrected chi connectivity index (χ2v) is 6.82. The fourth-order valence-electron chi connectivity index (χ4n) is 3.54. The first kappa shape index (κ1) is 17.9. The number of oxazole rings is 1. The highest BCUT2D eigenvalue weighted by Gasteiger charge is 2.28. The first-order valence-electron chi connectivity index (χ1n) is 8.89. The summed E-state index contributed by atoms with van der Waals surface area (Å²) in [5.41, 5.74) is 1.44. The van der Waals surface area contributed by atoms with Crippen molar-refractivity contribution in [3.8, 4) is 5.75 Å². The molecule has 3 aromatic rings. The highest BCUT2D eigenvalue weighted by molar-refractivity contribution is 5.86. The van der Waals surface area contributed by atoms with Gasteiger partial charge >= 0.3 is 6.18 Å². The number of hydrogen-bond acceptors (Lipinski definition) is 4. The third-order valence-electron chi connectivity index (χ3n) is 4.82. The summed E-state index contributed by atoms with van der Waals surface area (Å²) in [6, 6.07) is 6.94. The predicted molar refractivity (Wildman–Crippen MR) is 93.4 cm³/mol. The molecule has 2 aromatic heterocycles. The van der Waals surface area contributed by atoms with Gasteiger partial charge in [0, 0.05) is 31.2 Å². The molecule has 27 heavy (non-hydrogen) atoms. The molecule has 0 atom stereocenters. The van der Waals surface area contributed by atoms with Crippen LogP contribution in [0.1, 0.15) is 18.5 Å². The van der Waals surface area contributed by atoms with E-state index in [-0.39, 0.29) is 6.10 Å². The fourth-order valence-corrected chi connectivity index (χ4v) is 3.54. The van der Waals surface area contributed by atoms with Gasteiger partial charge in [-0.2, -0.15) is 13.2 Å². The van der Waals surface area contributed by atoms with Crippen LogP contribution in [0.25, 0.3) is 10.9 Å². The molecule has 0 saturated carbocycles. The summed E-state index contributed by atoms with van der Waals surface area (Å²) in [7, 11) is 0. The average molecular weight is 379 g/mol. The van der Waals surface area contributed by atoms with E-state index < -0.39 is 12.7 Å². The lowest BCUT2D eigenvalue weighted by atomic mass is 10.1. The van der Waals surface area contributed by atoms with Crippen molar-refractivity contribution in [2.45, 2.75) is 38.2 Å². The lowest BCUT2D eigenvalue weighted by molar-refractivity contribution is -0.139. The number of halogens is 3. The molecule has 0 aliphatic carbocycles. The van der Waals surface area contributed by atoms with Crippen LogP contribution in [0, 0.1) is 0 Å². The van der Waals surface area contributed by atoms with Crippen LogP contribution >= 0.6 is 0 Å². The maximum atomic E-state index is 12.7. The number of likely N-dealkylation sites (tertiary alicyclic amines) is 1. The SMILES string of the molecule is FC(F)(F)Cn1ccc2c(OC3CCN(Cc4cocn4)CC3)cccc21. The van der Waals surface area contributed by atoms with Gasteiger partial charge in [0.15, 0.2) is 6.39 Å². The van der Waals surface area contributed by atoms with Gasteiger partial charge in [-0.25, -0.2) is 4.98 Å². The van der Waals surface area contributed by atoms with Gasteiger partial charge in [0.05, 0.1) is 11.2 Å². The highest BCUT2D eigenvalue weighted by atomic mass is 19.4. The number of alkyl halides is 3. The molecule has 4 rings (SSSR count). The van der Waals surface area contributed by atoms with Crippen LogP contribution in [0.5, 0.6) is 5.75 Å². The first-order chi connectivity index (χ1) is 13.0. The molecule has 1 saturated heterocycles. The minimum Gasteiger partial charge on any atom is -0.490 e. The van der Waals surface area contributed by atoms with E-state index in [1.807, 2.05) is 6.07 Å². The zero-order chi connectivity index (χ0) is 18.9. The Bertz CT molecular complexity index is 881. The summed E-state index contributed by atoms with van der Waals surface area (Å²) in [6.45, 7) is 1.50. The molecule has 8 heteroatoms. The van der Waals surface area contributed by atoms with Crippen molar-refractivity contribution in [3.05, 3.63) is 48.8 Å². The summed E-state index contributed by atoms with van der Waals surface area (Å²) in [5, 5.41) is 0.715. The van der Waals surface area contributed by atoms with Crippen LogP contribution in [0.15, 0.2) is 47.5 Å². The van der Waals surface area contributed by atoms with Crippen molar-refractivity contribution in [2.75, 3.05) is 13.1 Å². The smallest absolute Gasteiger partial charge is 0.406 e. The maximum absolute atomic E-state index is 12.7. The summed E-state index contributed by atoms with van der Waals surface area (Å²) >= 11 is 0. The second kappa shape index (κ2) is 7.26. The number of ether oxygens (including phenoxy) is 1. The summed E-state index contributed by atoms with van der Waals surface area (Å²) < 4.78 is 50.5. The summed E-state index contributed by atoms with van der Waals surface area (Å²) in [5.74, 6) is 0.642. The Hall–Kier alpha value is -2.48. The standard InChI is InChI=1S/C19H20F3N3O2/c20-19(21,22)12-25-9-6-16-17(25)2-1-3-18(16)27-15-4-7-24(8-5-15)10-14-11-26-13-23-14/h1-3,6,9,11,13,15H,4-5,7-8,10,12H2. The van der Waals surface area contributed by atoms with Crippen molar-refractivity contribution < 1.29 is 22.3 Å². The molecule has 1 aliphatic heterocycles. The Morgan fingerprint density at radius 1 is 1.19 bits per heavy atom. The van der Waals surface area contributed by atoms with Gasteiger partial charge in [-0.1, -0.05) is 6.07 Å². The van der Waals surface area contributed by atoms with Crippen LogP contribution in [0.2, 0.25) is 0 Å². The Kier molecular flexibility index (Phi) is 4.82. The lowest BCUT2D eigenvalue weighted by Crippen LogP contribution is -2.37. The van der Waals surface area contributed by atoms with Gasteiger partial charge in [-0.3, -0.25) is 4.90 Å². The van der Waals surface area contributed by atoms with E-state index in [9.17, 15) is 13.2 Å². The molecule has 144 valence electrons. The van der Waals surface area contributed by atoms with Crippen LogP contribution in [0.4, 0.5) is 13.2 Å². The third kappa shape index (κ3) is 4.27. The van der Waals surface area contributed by atoms with Crippen LogP contribution in [-0.2, 0) is 13.1 Å². The number of rotatable bonds is 5. The fraction of sp³-hybridized carbons (Fsp3) is 0.421. The molecule has 0 spiro atoms. The maximum Gasteiger partial charge on any atom is 0.406 e. The molecule has 5 nitrogen and oxygen atoms in total. The molecule has 1 aliphatic rings. The van der Waals surface area contributed by atoms with Crippen LogP contribution in [-0.4, -0.2) is 39.8 Å². The second-order valence-electron chi connectivity index (χ2n) is 6.82. The van der Waals surface area contributed by atoms with E-state index in [4.69, 9.17) is 9.15 Å². The van der Waals surface area contributed by atoms with Crippen molar-refractivity contribution in [3.63, 3.8) is 0 Å². The van der Waals surface area contributed by atoms with Gasteiger partial charge in [-0.15, -0.1) is 0 Å². The molecule has 1 aromatic carbocycles. The average Bonchev–Trinajstić information content (AvgIpc) is 3.26. The predicted octanol–water partition coefficient (Wildman–Crippen LogP) is 4.24. The Morgan fingerprint density at radius 2 is 2.00 bits per heavy atom.